The second-order valence-corrected chi connectivity index (χ2v) is 6.82. The molecule has 0 bridgehead atoms. The molecule has 7 heteroatoms. The summed E-state index contributed by atoms with van der Waals surface area (Å²) in [7, 11) is 0. The first kappa shape index (κ1) is 19.4. The lowest BCUT2D eigenvalue weighted by Gasteiger charge is -2.13. The highest BCUT2D eigenvalue weighted by atomic mass is 16.5. The van der Waals surface area contributed by atoms with Crippen LogP contribution in [0.25, 0.3) is 5.69 Å². The van der Waals surface area contributed by atoms with Gasteiger partial charge in [0.2, 0.25) is 0 Å². The van der Waals surface area contributed by atoms with E-state index in [0.29, 0.717) is 11.3 Å². The minimum atomic E-state index is -0.980. The predicted octanol–water partition coefficient (Wildman–Crippen LogP) is 3.88. The molecule has 0 saturated heterocycles. The summed E-state index contributed by atoms with van der Waals surface area (Å²) < 4.78 is 12.3. The number of aryl methyl sites for hydroxylation is 3. The Labute approximate surface area is 163 Å². The quantitative estimate of drug-likeness (QED) is 0.678. The molecule has 0 radical (unpaired) electrons. The third-order valence-electron chi connectivity index (χ3n) is 4.44. The summed E-state index contributed by atoms with van der Waals surface area (Å²) in [4.78, 5) is 24.9. The lowest BCUT2D eigenvalue weighted by atomic mass is 10.2. The van der Waals surface area contributed by atoms with Crippen LogP contribution in [0.15, 0.2) is 40.9 Å². The zero-order valence-corrected chi connectivity index (χ0v) is 16.6. The fourth-order valence-electron chi connectivity index (χ4n) is 3.06. The minimum Gasteiger partial charge on any atom is -0.449 e. The van der Waals surface area contributed by atoms with Gasteiger partial charge in [-0.2, -0.15) is 0 Å². The number of ether oxygens (including phenoxy) is 1. The van der Waals surface area contributed by atoms with Crippen molar-refractivity contribution in [3.63, 3.8) is 0 Å². The number of aromatic nitrogens is 2. The molecule has 28 heavy (non-hydrogen) atoms. The molecular weight excluding hydrogens is 358 g/mol. The standard InChI is InChI=1S/C21H23N3O4/c1-12-7-6-8-17(9-12)24-13(2)10-18(15(24)4)21(26)27-16(5)20(25)22-19-11-14(3)28-23-19/h6-11,16H,1-5H3,(H,22,23,25)/t16-/m1/s1. The van der Waals surface area contributed by atoms with Gasteiger partial charge in [-0.25, -0.2) is 4.79 Å². The Hall–Kier alpha value is -3.35. The Morgan fingerprint density at radius 1 is 1.14 bits per heavy atom. The van der Waals surface area contributed by atoms with Crippen LogP contribution >= 0.6 is 0 Å². The highest BCUT2D eigenvalue weighted by Gasteiger charge is 2.23. The van der Waals surface area contributed by atoms with E-state index in [2.05, 4.69) is 10.5 Å². The zero-order chi connectivity index (χ0) is 20.4. The summed E-state index contributed by atoms with van der Waals surface area (Å²) in [6.45, 7) is 9.03. The van der Waals surface area contributed by atoms with E-state index in [-0.39, 0.29) is 5.82 Å². The van der Waals surface area contributed by atoms with E-state index in [4.69, 9.17) is 9.26 Å². The highest BCUT2D eigenvalue weighted by molar-refractivity contribution is 5.97. The number of anilines is 1. The van der Waals surface area contributed by atoms with Crippen LogP contribution in [0.2, 0.25) is 0 Å². The first-order chi connectivity index (χ1) is 13.3. The molecule has 0 saturated carbocycles. The van der Waals surface area contributed by atoms with Crippen molar-refractivity contribution in [3.8, 4) is 5.69 Å². The molecule has 3 aromatic rings. The highest BCUT2D eigenvalue weighted by Crippen LogP contribution is 2.22. The Bertz CT molecular complexity index is 1030. The average Bonchev–Trinajstić information content (AvgIpc) is 3.17. The maximum atomic E-state index is 12.7. The smallest absolute Gasteiger partial charge is 0.340 e. The summed E-state index contributed by atoms with van der Waals surface area (Å²) >= 11 is 0. The third-order valence-corrected chi connectivity index (χ3v) is 4.44. The van der Waals surface area contributed by atoms with Gasteiger partial charge in [-0.1, -0.05) is 17.3 Å². The molecule has 0 unspecified atom stereocenters. The van der Waals surface area contributed by atoms with Gasteiger partial charge in [0, 0.05) is 23.1 Å². The molecule has 7 nitrogen and oxygen atoms in total. The van der Waals surface area contributed by atoms with Gasteiger partial charge < -0.3 is 19.1 Å². The van der Waals surface area contributed by atoms with Gasteiger partial charge in [0.05, 0.1) is 5.56 Å². The van der Waals surface area contributed by atoms with E-state index in [1.165, 1.54) is 6.92 Å². The minimum absolute atomic E-state index is 0.281. The monoisotopic (exact) mass is 381 g/mol. The fourth-order valence-corrected chi connectivity index (χ4v) is 3.06. The van der Waals surface area contributed by atoms with Gasteiger partial charge >= 0.3 is 5.97 Å². The zero-order valence-electron chi connectivity index (χ0n) is 16.6. The van der Waals surface area contributed by atoms with Gasteiger partial charge in [0.25, 0.3) is 5.91 Å². The maximum absolute atomic E-state index is 12.7. The van der Waals surface area contributed by atoms with Crippen LogP contribution in [-0.2, 0) is 9.53 Å². The molecule has 0 aliphatic carbocycles. The number of carbonyl (C=O) groups excluding carboxylic acids is 2. The Balaban J connectivity index is 1.75. The van der Waals surface area contributed by atoms with Crippen LogP contribution in [0.5, 0.6) is 0 Å². The Morgan fingerprint density at radius 2 is 1.89 bits per heavy atom. The summed E-state index contributed by atoms with van der Waals surface area (Å²) in [5.74, 6) is -0.174. The SMILES string of the molecule is Cc1cccc(-n2c(C)cc(C(=O)O[C@H](C)C(=O)Nc3cc(C)on3)c2C)c1. The predicted molar refractivity (Wildman–Crippen MR) is 105 cm³/mol. The van der Waals surface area contributed by atoms with Crippen molar-refractivity contribution in [1.82, 2.24) is 9.72 Å². The number of esters is 1. The first-order valence-electron chi connectivity index (χ1n) is 8.97. The topological polar surface area (TPSA) is 86.4 Å². The summed E-state index contributed by atoms with van der Waals surface area (Å²) in [5.41, 5.74) is 4.19. The summed E-state index contributed by atoms with van der Waals surface area (Å²) in [6, 6.07) is 11.4. The van der Waals surface area contributed by atoms with E-state index >= 15 is 0 Å². The number of carbonyl (C=O) groups is 2. The van der Waals surface area contributed by atoms with Gasteiger partial charge in [-0.15, -0.1) is 0 Å². The average molecular weight is 381 g/mol. The van der Waals surface area contributed by atoms with E-state index in [9.17, 15) is 9.59 Å². The third kappa shape index (κ3) is 3.98. The molecule has 2 heterocycles. The van der Waals surface area contributed by atoms with Gasteiger partial charge in [-0.3, -0.25) is 4.79 Å². The second kappa shape index (κ2) is 7.72. The molecule has 2 aromatic heterocycles. The van der Waals surface area contributed by atoms with Crippen LogP contribution < -0.4 is 5.32 Å². The number of hydrogen-bond acceptors (Lipinski definition) is 5. The van der Waals surface area contributed by atoms with Crippen LogP contribution in [0.3, 0.4) is 0 Å². The van der Waals surface area contributed by atoms with E-state index in [0.717, 1.165) is 22.6 Å². The first-order valence-corrected chi connectivity index (χ1v) is 8.97. The maximum Gasteiger partial charge on any atom is 0.340 e. The lowest BCUT2D eigenvalue weighted by Crippen LogP contribution is -2.30. The Kier molecular flexibility index (Phi) is 5.35. The number of amides is 1. The van der Waals surface area contributed by atoms with Crippen LogP contribution in [0, 0.1) is 27.7 Å². The van der Waals surface area contributed by atoms with Crippen molar-refractivity contribution in [2.45, 2.75) is 40.7 Å². The fraction of sp³-hybridized carbons (Fsp3) is 0.286. The van der Waals surface area contributed by atoms with Crippen LogP contribution in [0.1, 0.15) is 40.0 Å². The Morgan fingerprint density at radius 3 is 2.54 bits per heavy atom. The largest absolute Gasteiger partial charge is 0.449 e. The second-order valence-electron chi connectivity index (χ2n) is 6.82. The number of hydrogen-bond donors (Lipinski definition) is 1. The molecular formula is C21H23N3O4. The molecule has 1 amide bonds. The molecule has 0 aliphatic rings. The molecule has 0 spiro atoms. The normalized spacial score (nSPS) is 11.9. The van der Waals surface area contributed by atoms with Crippen LogP contribution in [-0.4, -0.2) is 27.7 Å². The van der Waals surface area contributed by atoms with E-state index in [1.807, 2.05) is 49.6 Å². The molecule has 3 rings (SSSR count). The molecule has 146 valence electrons. The molecule has 1 N–H and O–H groups in total. The van der Waals surface area contributed by atoms with Crippen molar-refractivity contribution in [2.24, 2.45) is 0 Å². The number of nitrogens with one attached hydrogen (secondary N) is 1. The molecule has 1 atom stereocenters. The summed E-state index contributed by atoms with van der Waals surface area (Å²) in [5, 5.41) is 6.25. The van der Waals surface area contributed by atoms with Gasteiger partial charge in [-0.05, 0) is 58.4 Å². The summed E-state index contributed by atoms with van der Waals surface area (Å²) in [6.07, 6.45) is -0.980. The van der Waals surface area contributed by atoms with Gasteiger partial charge in [0.1, 0.15) is 5.76 Å². The molecule has 0 aliphatic heterocycles. The van der Waals surface area contributed by atoms with Crippen LogP contribution in [0.4, 0.5) is 5.82 Å². The van der Waals surface area contributed by atoms with E-state index < -0.39 is 18.0 Å². The number of benzene rings is 1. The van der Waals surface area contributed by atoms with Crippen molar-refractivity contribution < 1.29 is 18.8 Å². The number of nitrogens with zero attached hydrogens (tertiary/aromatic N) is 2. The molecule has 1 aromatic carbocycles. The van der Waals surface area contributed by atoms with Gasteiger partial charge in [0.15, 0.2) is 11.9 Å². The van der Waals surface area contributed by atoms with Crippen molar-refractivity contribution in [3.05, 3.63) is 64.7 Å². The van der Waals surface area contributed by atoms with Crippen molar-refractivity contribution >= 4 is 17.7 Å². The number of rotatable bonds is 5. The molecule has 0 fully saturated rings. The van der Waals surface area contributed by atoms with Crippen molar-refractivity contribution in [1.29, 1.82) is 0 Å². The van der Waals surface area contributed by atoms with E-state index in [1.54, 1.807) is 19.1 Å². The lowest BCUT2D eigenvalue weighted by molar-refractivity contribution is -0.123. The van der Waals surface area contributed by atoms with Crippen molar-refractivity contribution in [2.75, 3.05) is 5.32 Å².